The Bertz CT molecular complexity index is 941. The molecule has 2 aliphatic carbocycles. The zero-order valence-corrected chi connectivity index (χ0v) is 21.7. The summed E-state index contributed by atoms with van der Waals surface area (Å²) in [5.74, 6) is 2.22. The van der Waals surface area contributed by atoms with Gasteiger partial charge in [0.15, 0.2) is 5.13 Å². The van der Waals surface area contributed by atoms with Crippen LogP contribution in [0.4, 0.5) is 5.13 Å². The number of anilines is 1. The third kappa shape index (κ3) is 5.02. The van der Waals surface area contributed by atoms with Crippen LogP contribution in [0.2, 0.25) is 0 Å². The van der Waals surface area contributed by atoms with Crippen molar-refractivity contribution in [3.63, 3.8) is 0 Å². The molecular weight excluding hydrogens is 450 g/mol. The lowest BCUT2D eigenvalue weighted by atomic mass is 9.47. The Labute approximate surface area is 207 Å². The molecule has 1 fully saturated rings. The first kappa shape index (κ1) is 26.7. The van der Waals surface area contributed by atoms with Crippen LogP contribution in [0, 0.1) is 29.1 Å². The van der Waals surface area contributed by atoms with Crippen LogP contribution in [-0.2, 0) is 16.0 Å². The van der Waals surface area contributed by atoms with E-state index in [0.29, 0.717) is 24.4 Å². The van der Waals surface area contributed by atoms with E-state index in [1.54, 1.807) is 11.9 Å². The number of hydrogen-bond donors (Lipinski definition) is 3. The van der Waals surface area contributed by atoms with Crippen molar-refractivity contribution < 1.29 is 19.8 Å². The van der Waals surface area contributed by atoms with Gasteiger partial charge >= 0.3 is 0 Å². The van der Waals surface area contributed by atoms with Gasteiger partial charge in [0, 0.05) is 36.1 Å². The summed E-state index contributed by atoms with van der Waals surface area (Å²) in [6.45, 7) is 6.34. The normalized spacial score (nSPS) is 30.1. The molecular formula is C26H39N3O4S. The summed E-state index contributed by atoms with van der Waals surface area (Å²) in [5.41, 5.74) is -0.136. The third-order valence-electron chi connectivity index (χ3n) is 8.28. The minimum Gasteiger partial charge on any atom is -0.396 e. The van der Waals surface area contributed by atoms with Crippen molar-refractivity contribution in [3.05, 3.63) is 10.6 Å². The minimum atomic E-state index is -0.676. The molecule has 0 aromatic carbocycles. The summed E-state index contributed by atoms with van der Waals surface area (Å²) in [6, 6.07) is 0. The number of rotatable bonds is 9. The fraction of sp³-hybridized carbons (Fsp3) is 0.731. The van der Waals surface area contributed by atoms with E-state index in [0.717, 1.165) is 36.3 Å². The Balaban J connectivity index is 1.97. The van der Waals surface area contributed by atoms with Crippen molar-refractivity contribution in [2.45, 2.75) is 84.2 Å². The number of thiazole rings is 1. The monoisotopic (exact) mass is 489 g/mol. The highest BCUT2D eigenvalue weighted by atomic mass is 32.1. The van der Waals surface area contributed by atoms with Crippen molar-refractivity contribution in [1.29, 1.82) is 0 Å². The average molecular weight is 490 g/mol. The molecule has 1 aromatic rings. The lowest BCUT2D eigenvalue weighted by molar-refractivity contribution is -0.146. The van der Waals surface area contributed by atoms with Crippen LogP contribution in [0.3, 0.4) is 0 Å². The summed E-state index contributed by atoms with van der Waals surface area (Å²) in [7, 11) is 1.71. The van der Waals surface area contributed by atoms with Crippen LogP contribution in [0.5, 0.6) is 0 Å². The Kier molecular flexibility index (Phi) is 8.43. The number of aromatic nitrogens is 1. The second kappa shape index (κ2) is 10.8. The van der Waals surface area contributed by atoms with Crippen LogP contribution in [0.1, 0.15) is 82.2 Å². The molecule has 5 atom stereocenters. The van der Waals surface area contributed by atoms with Gasteiger partial charge in [-0.15, -0.1) is 17.8 Å². The molecule has 2 amide bonds. The van der Waals surface area contributed by atoms with E-state index in [-0.39, 0.29) is 48.6 Å². The van der Waals surface area contributed by atoms with Crippen LogP contribution >= 0.6 is 11.3 Å². The second-order valence-corrected chi connectivity index (χ2v) is 11.6. The number of hydrogen-bond acceptors (Lipinski definition) is 6. The van der Waals surface area contributed by atoms with Crippen molar-refractivity contribution in [2.24, 2.45) is 16.7 Å². The summed E-state index contributed by atoms with van der Waals surface area (Å²) < 4.78 is 0. The van der Waals surface area contributed by atoms with Crippen LogP contribution in [-0.4, -0.2) is 58.2 Å². The van der Waals surface area contributed by atoms with E-state index in [1.165, 1.54) is 11.3 Å². The van der Waals surface area contributed by atoms with Gasteiger partial charge in [-0.2, -0.15) is 0 Å². The predicted octanol–water partition coefficient (Wildman–Crippen LogP) is 3.56. The molecule has 1 aromatic heterocycles. The van der Waals surface area contributed by atoms with Gasteiger partial charge in [-0.1, -0.05) is 39.5 Å². The van der Waals surface area contributed by atoms with Crippen molar-refractivity contribution in [3.8, 4) is 12.3 Å². The Morgan fingerprint density at radius 1 is 1.35 bits per heavy atom. The van der Waals surface area contributed by atoms with E-state index >= 15 is 0 Å². The molecule has 188 valence electrons. The number of carbonyl (C=O) groups is 2. The number of unbranched alkanes of at least 4 members (excludes halogenated alkanes) is 2. The fourth-order valence-corrected chi connectivity index (χ4v) is 7.06. The van der Waals surface area contributed by atoms with E-state index in [1.807, 2.05) is 6.92 Å². The largest absolute Gasteiger partial charge is 0.396 e. The summed E-state index contributed by atoms with van der Waals surface area (Å²) in [6.07, 6.45) is 10.4. The van der Waals surface area contributed by atoms with Crippen molar-refractivity contribution in [2.75, 3.05) is 25.5 Å². The third-order valence-corrected chi connectivity index (χ3v) is 9.29. The molecule has 0 bridgehead atoms. The number of amides is 2. The predicted molar refractivity (Wildman–Crippen MR) is 134 cm³/mol. The van der Waals surface area contributed by atoms with Gasteiger partial charge in [-0.25, -0.2) is 4.98 Å². The van der Waals surface area contributed by atoms with E-state index in [2.05, 4.69) is 25.1 Å². The highest BCUT2D eigenvalue weighted by Crippen LogP contribution is 2.62. The Morgan fingerprint density at radius 2 is 2.09 bits per heavy atom. The highest BCUT2D eigenvalue weighted by Gasteiger charge is 2.59. The van der Waals surface area contributed by atoms with Gasteiger partial charge in [0.05, 0.1) is 24.9 Å². The molecule has 5 unspecified atom stereocenters. The fourth-order valence-electron chi connectivity index (χ4n) is 5.97. The summed E-state index contributed by atoms with van der Waals surface area (Å²) in [5, 5.41) is 24.7. The molecule has 3 N–H and O–H groups in total. The number of nitrogens with zero attached hydrogens (tertiary/aromatic N) is 2. The zero-order valence-electron chi connectivity index (χ0n) is 20.9. The number of nitrogens with one attached hydrogen (secondary N) is 1. The number of aliphatic hydroxyl groups is 2. The van der Waals surface area contributed by atoms with E-state index in [9.17, 15) is 19.8 Å². The first-order chi connectivity index (χ1) is 16.1. The second-order valence-electron chi connectivity index (χ2n) is 10.5. The molecule has 8 heteroatoms. The molecule has 2 aliphatic rings. The maximum Gasteiger partial charge on any atom is 0.226 e. The maximum atomic E-state index is 13.1. The van der Waals surface area contributed by atoms with Crippen LogP contribution in [0.25, 0.3) is 0 Å². The molecule has 0 aliphatic heterocycles. The van der Waals surface area contributed by atoms with Gasteiger partial charge in [-0.3, -0.25) is 9.59 Å². The molecule has 1 saturated carbocycles. The Morgan fingerprint density at radius 3 is 2.74 bits per heavy atom. The van der Waals surface area contributed by atoms with E-state index in [4.69, 9.17) is 11.4 Å². The van der Waals surface area contributed by atoms with Gasteiger partial charge in [0.25, 0.3) is 0 Å². The minimum absolute atomic E-state index is 0.0226. The van der Waals surface area contributed by atoms with Gasteiger partial charge in [0.1, 0.15) is 0 Å². The lowest BCUT2D eigenvalue weighted by Crippen LogP contribution is -2.57. The maximum absolute atomic E-state index is 13.1. The van der Waals surface area contributed by atoms with Crippen molar-refractivity contribution >= 4 is 28.3 Å². The molecule has 7 nitrogen and oxygen atoms in total. The highest BCUT2D eigenvalue weighted by molar-refractivity contribution is 7.15. The van der Waals surface area contributed by atoms with Gasteiger partial charge in [0.2, 0.25) is 11.8 Å². The smallest absolute Gasteiger partial charge is 0.226 e. The molecule has 34 heavy (non-hydrogen) atoms. The lowest BCUT2D eigenvalue weighted by Gasteiger charge is -2.58. The zero-order chi connectivity index (χ0) is 25.1. The summed E-state index contributed by atoms with van der Waals surface area (Å²) in [4.78, 5) is 32.9. The standard InChI is InChI=1S/C26H39N3O4S/c1-6-8-9-10-21(32)27-24-28-23-17(14-22(33)29(5)13-7-2)25(3)12-11-20(31)26(4,16-30)19(25)15-18(23)34-24/h2,17,19-20,30-31H,6,8-16H2,1,3-5H3,(H,27,28,32). The topological polar surface area (TPSA) is 103 Å². The number of fused-ring (bicyclic) bond motifs is 2. The average Bonchev–Trinajstić information content (AvgIpc) is 3.20. The molecule has 3 rings (SSSR count). The quantitative estimate of drug-likeness (QED) is 0.364. The molecule has 1 heterocycles. The number of terminal acetylenes is 1. The molecule has 0 spiro atoms. The summed E-state index contributed by atoms with van der Waals surface area (Å²) >= 11 is 1.46. The van der Waals surface area contributed by atoms with Gasteiger partial charge < -0.3 is 20.4 Å². The SMILES string of the molecule is C#CCN(C)C(=O)CC1c2nc(NC(=O)CCCCC)sc2CC2C(C)(CO)C(O)CCC12C. The molecule has 0 radical (unpaired) electrons. The van der Waals surface area contributed by atoms with Crippen molar-refractivity contribution in [1.82, 2.24) is 9.88 Å². The van der Waals surface area contributed by atoms with Gasteiger partial charge in [-0.05, 0) is 37.0 Å². The number of carbonyl (C=O) groups excluding carboxylic acids is 2. The number of aliphatic hydroxyl groups excluding tert-OH is 2. The molecule has 0 saturated heterocycles. The van der Waals surface area contributed by atoms with Crippen LogP contribution < -0.4 is 5.32 Å². The van der Waals surface area contributed by atoms with E-state index < -0.39 is 11.5 Å². The Hall–Kier alpha value is -1.95. The van der Waals surface area contributed by atoms with Crippen LogP contribution in [0.15, 0.2) is 0 Å². The first-order valence-corrected chi connectivity index (χ1v) is 13.2. The first-order valence-electron chi connectivity index (χ1n) is 12.4.